The molecule has 2 rings (SSSR count). The third-order valence-corrected chi connectivity index (χ3v) is 5.27. The molecule has 1 atom stereocenters. The van der Waals surface area contributed by atoms with Crippen LogP contribution in [0.25, 0.3) is 0 Å². The third-order valence-electron chi connectivity index (χ3n) is 3.27. The summed E-state index contributed by atoms with van der Waals surface area (Å²) in [6, 6.07) is 6.74. The summed E-state index contributed by atoms with van der Waals surface area (Å²) in [4.78, 5) is 11.3. The Hall–Kier alpha value is -1.87. The molecule has 0 amide bonds. The second kappa shape index (κ2) is 4.67. The van der Waals surface area contributed by atoms with Gasteiger partial charge in [0.05, 0.1) is 11.8 Å². The fraction of sp³-hybridized carbons (Fsp3) is 0.385. The van der Waals surface area contributed by atoms with E-state index in [0.717, 1.165) is 5.56 Å². The SMILES string of the molecule is CC(=O)c1ccc2c(c1)CCN2S(=O)(=O)C(C)C#N. The molecule has 0 aromatic heterocycles. The van der Waals surface area contributed by atoms with Crippen molar-refractivity contribution in [2.45, 2.75) is 25.5 Å². The number of hydrogen-bond donors (Lipinski definition) is 0. The van der Waals surface area contributed by atoms with E-state index in [2.05, 4.69) is 0 Å². The van der Waals surface area contributed by atoms with Crippen molar-refractivity contribution in [3.8, 4) is 6.07 Å². The number of hydrogen-bond acceptors (Lipinski definition) is 4. The lowest BCUT2D eigenvalue weighted by atomic mass is 10.1. The van der Waals surface area contributed by atoms with Crippen LogP contribution in [-0.2, 0) is 16.4 Å². The highest BCUT2D eigenvalue weighted by atomic mass is 32.2. The first kappa shape index (κ1) is 13.6. The van der Waals surface area contributed by atoms with Gasteiger partial charge in [0, 0.05) is 12.1 Å². The van der Waals surface area contributed by atoms with Crippen molar-refractivity contribution in [2.75, 3.05) is 10.8 Å². The second-order valence-corrected chi connectivity index (χ2v) is 6.72. The summed E-state index contributed by atoms with van der Waals surface area (Å²) in [5.74, 6) is -0.0468. The minimum atomic E-state index is -3.65. The van der Waals surface area contributed by atoms with E-state index in [1.54, 1.807) is 24.3 Å². The Kier molecular flexibility index (Phi) is 3.33. The summed E-state index contributed by atoms with van der Waals surface area (Å²) < 4.78 is 25.6. The van der Waals surface area contributed by atoms with E-state index in [1.807, 2.05) is 0 Å². The van der Waals surface area contributed by atoms with Gasteiger partial charge in [0.15, 0.2) is 11.0 Å². The molecule has 0 radical (unpaired) electrons. The van der Waals surface area contributed by atoms with E-state index in [0.29, 0.717) is 24.2 Å². The molecule has 5 nitrogen and oxygen atoms in total. The summed E-state index contributed by atoms with van der Waals surface area (Å²) in [7, 11) is -3.65. The Morgan fingerprint density at radius 2 is 2.16 bits per heavy atom. The van der Waals surface area contributed by atoms with Gasteiger partial charge in [0.25, 0.3) is 10.0 Å². The van der Waals surface area contributed by atoms with Crippen LogP contribution in [0.1, 0.15) is 29.8 Å². The van der Waals surface area contributed by atoms with Crippen molar-refractivity contribution >= 4 is 21.5 Å². The van der Waals surface area contributed by atoms with Gasteiger partial charge >= 0.3 is 0 Å². The Labute approximate surface area is 112 Å². The van der Waals surface area contributed by atoms with Crippen molar-refractivity contribution in [3.63, 3.8) is 0 Å². The number of benzene rings is 1. The molecule has 1 aromatic rings. The maximum absolute atomic E-state index is 12.2. The van der Waals surface area contributed by atoms with Crippen LogP contribution in [0.3, 0.4) is 0 Å². The Balaban J connectivity index is 2.44. The van der Waals surface area contributed by atoms with Gasteiger partial charge in [0.1, 0.15) is 0 Å². The summed E-state index contributed by atoms with van der Waals surface area (Å²) in [6.45, 7) is 3.17. The molecular formula is C13H14N2O3S. The molecule has 6 heteroatoms. The summed E-state index contributed by atoms with van der Waals surface area (Å²) in [5, 5.41) is 7.72. The number of anilines is 1. The number of nitriles is 1. The maximum Gasteiger partial charge on any atom is 0.251 e. The van der Waals surface area contributed by atoms with Crippen molar-refractivity contribution in [1.29, 1.82) is 5.26 Å². The zero-order valence-corrected chi connectivity index (χ0v) is 11.6. The van der Waals surface area contributed by atoms with Crippen LogP contribution in [-0.4, -0.2) is 26.0 Å². The van der Waals surface area contributed by atoms with Crippen LogP contribution in [0.4, 0.5) is 5.69 Å². The topological polar surface area (TPSA) is 78.2 Å². The zero-order valence-electron chi connectivity index (χ0n) is 10.8. The highest BCUT2D eigenvalue weighted by Crippen LogP contribution is 2.32. The molecule has 1 unspecified atom stereocenters. The van der Waals surface area contributed by atoms with Gasteiger partial charge in [-0.05, 0) is 44.0 Å². The first-order valence-electron chi connectivity index (χ1n) is 5.93. The van der Waals surface area contributed by atoms with Crippen LogP contribution in [0.5, 0.6) is 0 Å². The molecule has 0 bridgehead atoms. The molecule has 0 saturated heterocycles. The zero-order chi connectivity index (χ0) is 14.2. The Morgan fingerprint density at radius 3 is 2.74 bits per heavy atom. The monoisotopic (exact) mass is 278 g/mol. The normalized spacial score (nSPS) is 15.7. The first-order chi connectivity index (χ1) is 8.87. The lowest BCUT2D eigenvalue weighted by molar-refractivity contribution is 0.101. The molecule has 1 aromatic carbocycles. The number of carbonyl (C=O) groups excluding carboxylic acids is 1. The molecule has 0 aliphatic carbocycles. The average Bonchev–Trinajstić information content (AvgIpc) is 2.80. The fourth-order valence-electron chi connectivity index (χ4n) is 2.11. The molecule has 100 valence electrons. The third kappa shape index (κ3) is 2.22. The van der Waals surface area contributed by atoms with Gasteiger partial charge in [-0.1, -0.05) is 0 Å². The highest BCUT2D eigenvalue weighted by molar-refractivity contribution is 7.93. The van der Waals surface area contributed by atoms with Gasteiger partial charge in [-0.15, -0.1) is 0 Å². The Bertz CT molecular complexity index is 674. The molecule has 0 N–H and O–H groups in total. The van der Waals surface area contributed by atoms with Gasteiger partial charge in [-0.2, -0.15) is 5.26 Å². The van der Waals surface area contributed by atoms with Gasteiger partial charge in [-0.25, -0.2) is 8.42 Å². The van der Waals surface area contributed by atoms with E-state index < -0.39 is 15.3 Å². The smallest absolute Gasteiger partial charge is 0.251 e. The lowest BCUT2D eigenvalue weighted by Crippen LogP contribution is -2.35. The van der Waals surface area contributed by atoms with Crippen LogP contribution >= 0.6 is 0 Å². The minimum absolute atomic E-state index is 0.0468. The standard InChI is InChI=1S/C13H14N2O3S/c1-9(8-14)19(17,18)15-6-5-12-7-11(10(2)16)3-4-13(12)15/h3-4,7,9H,5-6H2,1-2H3. The predicted octanol–water partition coefficient (Wildman–Crippen LogP) is 1.49. The molecule has 1 aliphatic heterocycles. The molecular weight excluding hydrogens is 264 g/mol. The quantitative estimate of drug-likeness (QED) is 0.785. The Morgan fingerprint density at radius 1 is 1.47 bits per heavy atom. The number of rotatable bonds is 3. The average molecular weight is 278 g/mol. The van der Waals surface area contributed by atoms with E-state index in [1.165, 1.54) is 18.2 Å². The number of ketones is 1. The number of sulfonamides is 1. The van der Waals surface area contributed by atoms with Crippen LogP contribution < -0.4 is 4.31 Å². The van der Waals surface area contributed by atoms with E-state index >= 15 is 0 Å². The molecule has 1 heterocycles. The first-order valence-corrected chi connectivity index (χ1v) is 7.43. The number of nitrogens with zero attached hydrogens (tertiary/aromatic N) is 2. The number of carbonyl (C=O) groups is 1. The van der Waals surface area contributed by atoms with Crippen molar-refractivity contribution in [1.82, 2.24) is 0 Å². The largest absolute Gasteiger partial charge is 0.295 e. The van der Waals surface area contributed by atoms with E-state index in [4.69, 9.17) is 5.26 Å². The van der Waals surface area contributed by atoms with Gasteiger partial charge in [-0.3, -0.25) is 9.10 Å². The van der Waals surface area contributed by atoms with Crippen LogP contribution in [0, 0.1) is 11.3 Å². The van der Waals surface area contributed by atoms with Crippen molar-refractivity contribution in [3.05, 3.63) is 29.3 Å². The van der Waals surface area contributed by atoms with Gasteiger partial charge < -0.3 is 0 Å². The van der Waals surface area contributed by atoms with Crippen LogP contribution in [0.2, 0.25) is 0 Å². The molecule has 1 aliphatic rings. The summed E-state index contributed by atoms with van der Waals surface area (Å²) in [6.07, 6.45) is 0.563. The predicted molar refractivity (Wildman–Crippen MR) is 71.5 cm³/mol. The number of Topliss-reactive ketones (excluding diaryl/α,β-unsaturated/α-hetero) is 1. The lowest BCUT2D eigenvalue weighted by Gasteiger charge is -2.20. The molecule has 0 fully saturated rings. The second-order valence-electron chi connectivity index (χ2n) is 4.54. The maximum atomic E-state index is 12.2. The summed E-state index contributed by atoms with van der Waals surface area (Å²) >= 11 is 0. The van der Waals surface area contributed by atoms with E-state index in [9.17, 15) is 13.2 Å². The van der Waals surface area contributed by atoms with Gasteiger partial charge in [0.2, 0.25) is 0 Å². The van der Waals surface area contributed by atoms with E-state index in [-0.39, 0.29) is 5.78 Å². The van der Waals surface area contributed by atoms with Crippen LogP contribution in [0.15, 0.2) is 18.2 Å². The summed E-state index contributed by atoms with van der Waals surface area (Å²) in [5.41, 5.74) is 1.99. The molecule has 19 heavy (non-hydrogen) atoms. The highest BCUT2D eigenvalue weighted by Gasteiger charge is 2.33. The molecule has 0 spiro atoms. The van der Waals surface area contributed by atoms with Crippen molar-refractivity contribution < 1.29 is 13.2 Å². The molecule has 0 saturated carbocycles. The fourth-order valence-corrected chi connectivity index (χ4v) is 3.43. The number of fused-ring (bicyclic) bond motifs is 1. The van der Waals surface area contributed by atoms with Crippen molar-refractivity contribution in [2.24, 2.45) is 0 Å². The minimum Gasteiger partial charge on any atom is -0.295 e.